The summed E-state index contributed by atoms with van der Waals surface area (Å²) in [5.41, 5.74) is 12.4. The Morgan fingerprint density at radius 3 is 0.644 bits per heavy atom. The van der Waals surface area contributed by atoms with Gasteiger partial charge in [0.25, 0.3) is 0 Å². The minimum absolute atomic E-state index is 0.410. The van der Waals surface area contributed by atoms with Gasteiger partial charge in [0.15, 0.2) is 0 Å². The summed E-state index contributed by atoms with van der Waals surface area (Å²) in [6.07, 6.45) is 34.0. The van der Waals surface area contributed by atoms with Crippen LogP contribution in [0.5, 0.6) is 0 Å². The molecule has 104 heavy (non-hydrogen) atoms. The van der Waals surface area contributed by atoms with Crippen molar-refractivity contribution >= 4 is 7.82 Å². The highest BCUT2D eigenvalue weighted by molar-refractivity contribution is 7.48. The Bertz CT molecular complexity index is 3480. The molecule has 6 aromatic carbocycles. The van der Waals surface area contributed by atoms with E-state index in [2.05, 4.69) is 333 Å². The largest absolute Gasteiger partial charge is 0.478 e. The topological polar surface area (TPSA) is 44.8 Å². The van der Waals surface area contributed by atoms with Crippen LogP contribution in [0.1, 0.15) is 380 Å². The molecule has 3 unspecified atom stereocenters. The van der Waals surface area contributed by atoms with Crippen molar-refractivity contribution in [2.45, 2.75) is 371 Å². The maximum Gasteiger partial charge on any atom is 0.478 e. The lowest BCUT2D eigenvalue weighted by Crippen LogP contribution is -2.42. The number of unbranched alkanes of at least 4 members (excludes halogenated alkanes) is 15. The molecular formula is C99H147O4P. The first kappa shape index (κ1) is 87.6. The smallest absolute Gasteiger partial charge is 0.270 e. The Morgan fingerprint density at radius 1 is 0.269 bits per heavy atom. The van der Waals surface area contributed by atoms with E-state index in [4.69, 9.17) is 13.6 Å². The second-order valence-corrected chi connectivity index (χ2v) is 37.9. The van der Waals surface area contributed by atoms with Gasteiger partial charge in [-0.05, 0) is 184 Å². The Morgan fingerprint density at radius 2 is 0.452 bits per heavy atom. The van der Waals surface area contributed by atoms with E-state index in [9.17, 15) is 0 Å². The Kier molecular flexibility index (Phi) is 31.3. The van der Waals surface area contributed by atoms with E-state index in [0.717, 1.165) is 196 Å². The summed E-state index contributed by atoms with van der Waals surface area (Å²) in [5.74, 6) is 0. The number of hydrogen-bond acceptors (Lipinski definition) is 4. The van der Waals surface area contributed by atoms with Gasteiger partial charge >= 0.3 is 7.82 Å². The van der Waals surface area contributed by atoms with Crippen LogP contribution in [0.4, 0.5) is 0 Å². The number of phosphoric acid groups is 1. The van der Waals surface area contributed by atoms with Crippen LogP contribution in [0.3, 0.4) is 0 Å². The van der Waals surface area contributed by atoms with E-state index in [-0.39, 0.29) is 0 Å². The number of benzene rings is 6. The molecule has 0 bridgehead atoms. The molecule has 5 heteroatoms. The van der Waals surface area contributed by atoms with Crippen molar-refractivity contribution in [3.05, 3.63) is 246 Å². The van der Waals surface area contributed by atoms with E-state index in [0.29, 0.717) is 19.3 Å². The zero-order valence-corrected chi connectivity index (χ0v) is 72.2. The second-order valence-electron chi connectivity index (χ2n) is 36.5. The Hall–Kier alpha value is -5.35. The molecular weight excluding hydrogens is 1280 g/mol. The molecule has 0 aliphatic carbocycles. The van der Waals surface area contributed by atoms with E-state index >= 15 is 4.57 Å². The molecule has 3 atom stereocenters. The summed E-state index contributed by atoms with van der Waals surface area (Å²) in [6.45, 7) is 61.8. The summed E-state index contributed by atoms with van der Waals surface area (Å²) in [4.78, 5) is 0. The third kappa shape index (κ3) is 21.7. The number of aryl methyl sites for hydroxylation is 6. The first-order valence-corrected chi connectivity index (χ1v) is 42.5. The molecule has 0 saturated heterocycles. The summed E-state index contributed by atoms with van der Waals surface area (Å²) in [7, 11) is -5.38. The van der Waals surface area contributed by atoms with Crippen LogP contribution in [0.25, 0.3) is 0 Å². The maximum atomic E-state index is 20.7. The molecule has 0 aliphatic rings. The Labute approximate surface area is 639 Å². The molecule has 572 valence electrons. The van der Waals surface area contributed by atoms with Crippen LogP contribution >= 0.6 is 7.82 Å². The molecule has 0 aromatic heterocycles. The SMILES string of the molecule is C/C=C\C(C)(C)c1cc(C)ccc1C(CCCCCCCC)(OP(=O)(OC(CCCCCCCC)(c1ccc(C)cc1C(C)(C)C)c1ccc(C)cc1C(C)(C)/C=C/C)OC(CCCCCCCC)(c1ccc(C)cc1C(C)(C)C)c1ccc(C)cc1C(C)(C)/C=C/C)c1ccc(C)cc1C(C)(C)C. The monoisotopic (exact) mass is 1430 g/mol. The highest BCUT2D eigenvalue weighted by Crippen LogP contribution is 2.70. The molecule has 6 rings (SSSR count). The van der Waals surface area contributed by atoms with Gasteiger partial charge in [-0.2, -0.15) is 0 Å². The Balaban J connectivity index is 2.14. The third-order valence-corrected chi connectivity index (χ3v) is 24.0. The van der Waals surface area contributed by atoms with Gasteiger partial charge < -0.3 is 0 Å². The normalized spacial score (nSPS) is 15.5. The fourth-order valence-electron chi connectivity index (χ4n) is 16.8. The van der Waals surface area contributed by atoms with Crippen LogP contribution < -0.4 is 0 Å². The summed E-state index contributed by atoms with van der Waals surface area (Å²) in [5, 5.41) is 0. The lowest BCUT2D eigenvalue weighted by atomic mass is 9.69. The molecule has 0 radical (unpaired) electrons. The number of allylic oxidation sites excluding steroid dienone is 6. The lowest BCUT2D eigenvalue weighted by molar-refractivity contribution is -0.0533. The fraction of sp³-hybridized carbons (Fsp3) is 0.576. The molecule has 0 N–H and O–H groups in total. The fourth-order valence-corrected chi connectivity index (χ4v) is 18.9. The quantitative estimate of drug-likeness (QED) is 0.0219. The van der Waals surface area contributed by atoms with Crippen molar-refractivity contribution in [2.24, 2.45) is 0 Å². The molecule has 4 nitrogen and oxygen atoms in total. The lowest BCUT2D eigenvalue weighted by Gasteiger charge is -2.49. The zero-order valence-electron chi connectivity index (χ0n) is 71.3. The van der Waals surface area contributed by atoms with Gasteiger partial charge in [0, 0.05) is 16.2 Å². The summed E-state index contributed by atoms with van der Waals surface area (Å²) in [6, 6.07) is 42.1. The van der Waals surface area contributed by atoms with Crippen molar-refractivity contribution < 1.29 is 18.1 Å². The van der Waals surface area contributed by atoms with E-state index in [1.807, 2.05) is 0 Å². The van der Waals surface area contributed by atoms with Crippen molar-refractivity contribution in [2.75, 3.05) is 0 Å². The number of phosphoric ester groups is 1. The predicted molar refractivity (Wildman–Crippen MR) is 454 cm³/mol. The molecule has 0 amide bonds. The number of rotatable bonds is 39. The van der Waals surface area contributed by atoms with Gasteiger partial charge in [0.05, 0.1) is 0 Å². The van der Waals surface area contributed by atoms with Crippen LogP contribution in [0.15, 0.2) is 146 Å². The van der Waals surface area contributed by atoms with Crippen LogP contribution in [0, 0.1) is 41.5 Å². The maximum absolute atomic E-state index is 20.7. The van der Waals surface area contributed by atoms with Gasteiger partial charge in [-0.3, -0.25) is 13.6 Å². The molecule has 0 saturated carbocycles. The van der Waals surface area contributed by atoms with Crippen LogP contribution in [0.2, 0.25) is 0 Å². The second kappa shape index (κ2) is 37.2. The minimum Gasteiger partial charge on any atom is -0.270 e. The number of hydrogen-bond donors (Lipinski definition) is 0. The van der Waals surface area contributed by atoms with E-state index < -0.39 is 57.1 Å². The van der Waals surface area contributed by atoms with Gasteiger partial charge in [0.2, 0.25) is 0 Å². The highest BCUT2D eigenvalue weighted by atomic mass is 31.2. The summed E-state index contributed by atoms with van der Waals surface area (Å²) < 4.78 is 48.0. The standard InChI is InChI=1S/C99H147O4P/c1-28-34-37-40-43-46-64-97(79-55-49-73(7)67-85(79)91(13,14)15,82-58-52-76(10)70-88(82)94(22,23)61-31-4)101-104(100,102-98(65-47-44-41-38-35-29-2,80-56-50-74(8)68-86(80)92(16,17)18)83-59-53-77(11)71-89(83)95(24,25)62-32-5)103-99(66-48-45-42-39-36-30-3,81-57-51-75(9)69-87(81)93(19,20)21)84-60-54-78(12)72-90(84)96(26,27)63-33-6/h31-33,49-63,67-72H,28-30,34-48,64-66H2,1-27H3/b61-31-,62-32+,63-33+. The van der Waals surface area contributed by atoms with Gasteiger partial charge in [-0.25, -0.2) is 4.57 Å². The van der Waals surface area contributed by atoms with E-state index in [1.54, 1.807) is 0 Å². The van der Waals surface area contributed by atoms with Crippen LogP contribution in [-0.4, -0.2) is 0 Å². The first-order chi connectivity index (χ1) is 48.7. The van der Waals surface area contributed by atoms with Crippen molar-refractivity contribution in [3.63, 3.8) is 0 Å². The van der Waals surface area contributed by atoms with Crippen molar-refractivity contribution in [1.82, 2.24) is 0 Å². The third-order valence-electron chi connectivity index (χ3n) is 22.4. The van der Waals surface area contributed by atoms with Gasteiger partial charge in [0.1, 0.15) is 16.8 Å². The molecule has 0 spiro atoms. The minimum atomic E-state index is -5.38. The van der Waals surface area contributed by atoms with E-state index in [1.165, 1.54) is 19.3 Å². The first-order valence-electron chi connectivity index (χ1n) is 41.1. The molecule has 6 aromatic rings. The average Bonchev–Trinajstić information content (AvgIpc) is 0.773. The zero-order chi connectivity index (χ0) is 77.3. The molecule has 0 aliphatic heterocycles. The molecule has 0 heterocycles. The highest BCUT2D eigenvalue weighted by Gasteiger charge is 2.58. The summed E-state index contributed by atoms with van der Waals surface area (Å²) >= 11 is 0. The van der Waals surface area contributed by atoms with Crippen LogP contribution in [-0.2, 0) is 67.4 Å². The van der Waals surface area contributed by atoms with Gasteiger partial charge in [-0.15, -0.1) is 0 Å². The van der Waals surface area contributed by atoms with Crippen molar-refractivity contribution in [3.8, 4) is 0 Å². The average molecular weight is 1430 g/mol. The predicted octanol–water partition coefficient (Wildman–Crippen LogP) is 30.5. The van der Waals surface area contributed by atoms with Gasteiger partial charge in [-0.1, -0.05) is 400 Å². The van der Waals surface area contributed by atoms with Crippen molar-refractivity contribution in [1.29, 1.82) is 0 Å². The molecule has 0 fully saturated rings.